The largest absolute Gasteiger partial charge is 0.476 e. The van der Waals surface area contributed by atoms with Gasteiger partial charge in [-0.15, -0.1) is 5.10 Å². The zero-order chi connectivity index (χ0) is 18.2. The molecule has 0 spiro atoms. The maximum Gasteiger partial charge on any atom is 0.358 e. The van der Waals surface area contributed by atoms with E-state index >= 15 is 0 Å². The molecule has 0 saturated heterocycles. The number of hydrogen-bond acceptors (Lipinski definition) is 4. The molecule has 3 rings (SSSR count). The highest BCUT2D eigenvalue weighted by atomic mass is 16.4. The van der Waals surface area contributed by atoms with E-state index < -0.39 is 5.97 Å². The number of hydrogen-bond donors (Lipinski definition) is 1. The minimum Gasteiger partial charge on any atom is -0.476 e. The zero-order valence-corrected chi connectivity index (χ0v) is 14.7. The van der Waals surface area contributed by atoms with Crippen LogP contribution in [0.25, 0.3) is 0 Å². The molecule has 0 bridgehead atoms. The lowest BCUT2D eigenvalue weighted by Gasteiger charge is -2.30. The fourth-order valence-corrected chi connectivity index (χ4v) is 2.95. The van der Waals surface area contributed by atoms with Crippen molar-refractivity contribution in [2.75, 3.05) is 6.54 Å². The van der Waals surface area contributed by atoms with Gasteiger partial charge in [-0.3, -0.25) is 4.79 Å². The molecule has 1 aliphatic heterocycles. The molecule has 1 aromatic heterocycles. The topological polar surface area (TPSA) is 88.3 Å². The zero-order valence-electron chi connectivity index (χ0n) is 14.7. The van der Waals surface area contributed by atoms with E-state index in [4.69, 9.17) is 5.11 Å². The minimum atomic E-state index is -1.15. The summed E-state index contributed by atoms with van der Waals surface area (Å²) in [5.41, 5.74) is 3.62. The second-order valence-corrected chi connectivity index (χ2v) is 7.41. The van der Waals surface area contributed by atoms with Crippen LogP contribution < -0.4 is 0 Å². The van der Waals surface area contributed by atoms with Crippen LogP contribution in [0.5, 0.6) is 0 Å². The van der Waals surface area contributed by atoms with Gasteiger partial charge >= 0.3 is 5.97 Å². The fourth-order valence-electron chi connectivity index (χ4n) is 2.95. The molecule has 0 unspecified atom stereocenters. The molecule has 25 heavy (non-hydrogen) atoms. The van der Waals surface area contributed by atoms with Crippen LogP contribution in [0.1, 0.15) is 48.0 Å². The van der Waals surface area contributed by atoms with Crippen LogP contribution in [-0.2, 0) is 29.7 Å². The Hall–Kier alpha value is -2.70. The summed E-state index contributed by atoms with van der Waals surface area (Å²) >= 11 is 0. The molecule has 7 nitrogen and oxygen atoms in total. The number of carboxylic acids is 1. The summed E-state index contributed by atoms with van der Waals surface area (Å²) in [7, 11) is 0. The number of carbonyl (C=O) groups is 2. The number of nitrogens with zero attached hydrogens (tertiary/aromatic N) is 4. The Bertz CT molecular complexity index is 820. The van der Waals surface area contributed by atoms with E-state index in [0.717, 1.165) is 6.42 Å². The number of carbonyl (C=O) groups excluding carboxylic acids is 1. The van der Waals surface area contributed by atoms with Crippen LogP contribution in [0.4, 0.5) is 0 Å². The second-order valence-electron chi connectivity index (χ2n) is 7.41. The molecule has 1 aliphatic rings. The molecule has 0 aliphatic carbocycles. The van der Waals surface area contributed by atoms with Crippen molar-refractivity contribution < 1.29 is 14.7 Å². The average Bonchev–Trinajstić information content (AvgIpc) is 3.01. The molecule has 0 saturated carbocycles. The van der Waals surface area contributed by atoms with Crippen molar-refractivity contribution in [2.45, 2.75) is 45.7 Å². The quantitative estimate of drug-likeness (QED) is 0.920. The van der Waals surface area contributed by atoms with Crippen LogP contribution in [0.15, 0.2) is 24.4 Å². The molecule has 1 aromatic carbocycles. The first-order chi connectivity index (χ1) is 11.7. The molecule has 2 aromatic rings. The van der Waals surface area contributed by atoms with Gasteiger partial charge in [0.1, 0.15) is 6.54 Å². The molecule has 0 atom stereocenters. The first-order valence-electron chi connectivity index (χ1n) is 8.27. The summed E-state index contributed by atoms with van der Waals surface area (Å²) in [4.78, 5) is 25.2. The first kappa shape index (κ1) is 17.1. The van der Waals surface area contributed by atoms with Crippen molar-refractivity contribution in [3.05, 3.63) is 46.8 Å². The van der Waals surface area contributed by atoms with E-state index in [-0.39, 0.29) is 23.6 Å². The van der Waals surface area contributed by atoms with E-state index in [1.54, 1.807) is 4.90 Å². The van der Waals surface area contributed by atoms with Gasteiger partial charge in [0.2, 0.25) is 5.91 Å². The van der Waals surface area contributed by atoms with Gasteiger partial charge < -0.3 is 10.0 Å². The number of aromatic carboxylic acids is 1. The summed E-state index contributed by atoms with van der Waals surface area (Å²) in [5.74, 6) is -1.24. The Morgan fingerprint density at radius 1 is 1.24 bits per heavy atom. The van der Waals surface area contributed by atoms with E-state index in [1.165, 1.54) is 27.6 Å². The number of carboxylic acid groups (broad SMARTS) is 1. The number of amides is 1. The summed E-state index contributed by atoms with van der Waals surface area (Å²) in [6.07, 6.45) is 2.10. The first-order valence-corrected chi connectivity index (χ1v) is 8.27. The second kappa shape index (κ2) is 6.31. The lowest BCUT2D eigenvalue weighted by molar-refractivity contribution is -0.133. The standard InChI is InChI=1S/C18H22N4O3/c1-18(2,3)14-5-4-12-6-7-21(9-13(12)8-14)16(23)11-22-10-15(17(24)25)19-20-22/h4-5,8,10H,6-7,9,11H2,1-3H3,(H,24,25). The Balaban J connectivity index is 1.72. The summed E-state index contributed by atoms with van der Waals surface area (Å²) in [6, 6.07) is 6.51. The van der Waals surface area contributed by atoms with E-state index in [1.807, 2.05) is 0 Å². The maximum absolute atomic E-state index is 12.5. The van der Waals surface area contributed by atoms with Crippen LogP contribution >= 0.6 is 0 Å². The minimum absolute atomic E-state index is 0.00538. The molecular weight excluding hydrogens is 320 g/mol. The molecule has 132 valence electrons. The van der Waals surface area contributed by atoms with Crippen molar-refractivity contribution in [1.82, 2.24) is 19.9 Å². The SMILES string of the molecule is CC(C)(C)c1ccc2c(c1)CN(C(=O)Cn1cc(C(=O)O)nn1)CC2. The number of aromatic nitrogens is 3. The fraction of sp³-hybridized carbons (Fsp3) is 0.444. The molecule has 1 amide bonds. The highest BCUT2D eigenvalue weighted by Crippen LogP contribution is 2.27. The molecule has 0 radical (unpaired) electrons. The lowest BCUT2D eigenvalue weighted by Crippen LogP contribution is -2.38. The average molecular weight is 342 g/mol. The third kappa shape index (κ3) is 3.70. The maximum atomic E-state index is 12.5. The highest BCUT2D eigenvalue weighted by Gasteiger charge is 2.23. The summed E-state index contributed by atoms with van der Waals surface area (Å²) in [5, 5.41) is 16.1. The van der Waals surface area contributed by atoms with Crippen LogP contribution in [-0.4, -0.2) is 43.4 Å². The van der Waals surface area contributed by atoms with Gasteiger partial charge in [0.05, 0.1) is 6.20 Å². The number of rotatable bonds is 3. The van der Waals surface area contributed by atoms with Crippen molar-refractivity contribution in [3.63, 3.8) is 0 Å². The van der Waals surface area contributed by atoms with Crippen LogP contribution in [0, 0.1) is 0 Å². The van der Waals surface area contributed by atoms with Crippen molar-refractivity contribution in [1.29, 1.82) is 0 Å². The molecule has 0 fully saturated rings. The normalized spacial score (nSPS) is 14.3. The van der Waals surface area contributed by atoms with E-state index in [0.29, 0.717) is 13.1 Å². The van der Waals surface area contributed by atoms with Gasteiger partial charge in [0.15, 0.2) is 5.69 Å². The highest BCUT2D eigenvalue weighted by molar-refractivity contribution is 5.84. The van der Waals surface area contributed by atoms with Crippen molar-refractivity contribution in [3.8, 4) is 0 Å². The van der Waals surface area contributed by atoms with Gasteiger partial charge in [-0.05, 0) is 28.5 Å². The Morgan fingerprint density at radius 2 is 2.00 bits per heavy atom. The molecule has 7 heteroatoms. The molecule has 2 heterocycles. The Morgan fingerprint density at radius 3 is 2.64 bits per heavy atom. The van der Waals surface area contributed by atoms with Gasteiger partial charge in [0.25, 0.3) is 0 Å². The third-order valence-electron chi connectivity index (χ3n) is 4.49. The molecular formula is C18H22N4O3. The van der Waals surface area contributed by atoms with Crippen LogP contribution in [0.2, 0.25) is 0 Å². The lowest BCUT2D eigenvalue weighted by atomic mass is 9.84. The Kier molecular flexibility index (Phi) is 4.32. The van der Waals surface area contributed by atoms with Crippen molar-refractivity contribution in [2.24, 2.45) is 0 Å². The van der Waals surface area contributed by atoms with E-state index in [9.17, 15) is 9.59 Å². The van der Waals surface area contributed by atoms with Crippen molar-refractivity contribution >= 4 is 11.9 Å². The van der Waals surface area contributed by atoms with Gasteiger partial charge in [0, 0.05) is 13.1 Å². The van der Waals surface area contributed by atoms with E-state index in [2.05, 4.69) is 49.3 Å². The smallest absolute Gasteiger partial charge is 0.358 e. The monoisotopic (exact) mass is 342 g/mol. The molecule has 1 N–H and O–H groups in total. The Labute approximate surface area is 146 Å². The van der Waals surface area contributed by atoms with Crippen LogP contribution in [0.3, 0.4) is 0 Å². The predicted octanol–water partition coefficient (Wildman–Crippen LogP) is 1.86. The summed E-state index contributed by atoms with van der Waals surface area (Å²) < 4.78 is 1.27. The number of benzene rings is 1. The van der Waals surface area contributed by atoms with Gasteiger partial charge in [-0.2, -0.15) is 0 Å². The number of fused-ring (bicyclic) bond motifs is 1. The van der Waals surface area contributed by atoms with Gasteiger partial charge in [-0.25, -0.2) is 9.48 Å². The predicted molar refractivity (Wildman–Crippen MR) is 91.2 cm³/mol. The summed E-state index contributed by atoms with van der Waals surface area (Å²) in [6.45, 7) is 7.73. The van der Waals surface area contributed by atoms with Gasteiger partial charge in [-0.1, -0.05) is 44.2 Å². The third-order valence-corrected chi connectivity index (χ3v) is 4.49.